The Morgan fingerprint density at radius 2 is 2.25 bits per heavy atom. The van der Waals surface area contributed by atoms with E-state index in [2.05, 4.69) is 0 Å². The third-order valence-electron chi connectivity index (χ3n) is 1.37. The quantitative estimate of drug-likeness (QED) is 0.593. The monoisotopic (exact) mass is 119 g/mol. The van der Waals surface area contributed by atoms with Crippen LogP contribution in [0.15, 0.2) is 0 Å². The molecule has 0 saturated carbocycles. The molecule has 2 heteroatoms. The topological polar surface area (TPSA) is 26.0 Å². The molecule has 0 amide bonds. The maximum atomic E-state index is 11.8. The maximum Gasteiger partial charge on any atom is 0.0922 e. The second-order valence-electron chi connectivity index (χ2n) is 2.01. The van der Waals surface area contributed by atoms with Crippen molar-refractivity contribution in [2.45, 2.75) is 19.8 Å². The highest BCUT2D eigenvalue weighted by atomic mass is 19.1. The Bertz CT molecular complexity index is 43.8. The van der Waals surface area contributed by atoms with Crippen molar-refractivity contribution in [3.8, 4) is 0 Å². The molecule has 0 aromatic carbocycles. The van der Waals surface area contributed by atoms with E-state index in [4.69, 9.17) is 5.73 Å². The molecule has 1 nitrogen and oxygen atoms in total. The number of rotatable bonds is 4. The van der Waals surface area contributed by atoms with Gasteiger partial charge in [0.05, 0.1) is 6.67 Å². The van der Waals surface area contributed by atoms with E-state index in [0.29, 0.717) is 6.54 Å². The van der Waals surface area contributed by atoms with E-state index in [1.807, 2.05) is 6.92 Å². The molecule has 0 spiro atoms. The maximum absolute atomic E-state index is 11.8. The summed E-state index contributed by atoms with van der Waals surface area (Å²) in [5.74, 6) is 0.208. The van der Waals surface area contributed by atoms with Crippen LogP contribution in [0.1, 0.15) is 19.8 Å². The van der Waals surface area contributed by atoms with Crippen molar-refractivity contribution < 1.29 is 4.39 Å². The minimum Gasteiger partial charge on any atom is -0.330 e. The Balaban J connectivity index is 3.07. The predicted octanol–water partition coefficient (Wildman–Crippen LogP) is 1.33. The molecule has 1 unspecified atom stereocenters. The lowest BCUT2D eigenvalue weighted by atomic mass is 10.1. The Hall–Kier alpha value is -0.110. The minimum atomic E-state index is -0.215. The summed E-state index contributed by atoms with van der Waals surface area (Å²) in [5.41, 5.74) is 5.21. The van der Waals surface area contributed by atoms with Crippen LogP contribution < -0.4 is 5.73 Å². The highest BCUT2D eigenvalue weighted by Gasteiger charge is 2.01. The Labute approximate surface area is 50.1 Å². The highest BCUT2D eigenvalue weighted by Crippen LogP contribution is 2.06. The van der Waals surface area contributed by atoms with Crippen LogP contribution in [0, 0.1) is 5.92 Å². The van der Waals surface area contributed by atoms with Gasteiger partial charge in [0.25, 0.3) is 0 Å². The van der Waals surface area contributed by atoms with Gasteiger partial charge in [-0.25, -0.2) is 0 Å². The lowest BCUT2D eigenvalue weighted by Gasteiger charge is -2.05. The molecule has 0 aromatic heterocycles. The van der Waals surface area contributed by atoms with Gasteiger partial charge in [-0.2, -0.15) is 0 Å². The van der Waals surface area contributed by atoms with E-state index >= 15 is 0 Å². The van der Waals surface area contributed by atoms with Gasteiger partial charge in [0.1, 0.15) is 0 Å². The van der Waals surface area contributed by atoms with Gasteiger partial charge in [-0.1, -0.05) is 13.3 Å². The molecule has 0 radical (unpaired) electrons. The van der Waals surface area contributed by atoms with E-state index in [0.717, 1.165) is 12.8 Å². The molecule has 0 aliphatic carbocycles. The summed E-state index contributed by atoms with van der Waals surface area (Å²) in [6.07, 6.45) is 1.74. The summed E-state index contributed by atoms with van der Waals surface area (Å²) in [4.78, 5) is 0. The van der Waals surface area contributed by atoms with E-state index in [1.165, 1.54) is 0 Å². The first-order valence-electron chi connectivity index (χ1n) is 3.11. The summed E-state index contributed by atoms with van der Waals surface area (Å²) in [6, 6.07) is 0. The fourth-order valence-corrected chi connectivity index (χ4v) is 0.626. The molecular formula is C6H14FN. The first-order valence-corrected chi connectivity index (χ1v) is 3.11. The standard InChI is InChI=1S/C6H14FN/c1-2-6(5-7)3-4-8/h6H,2-5,8H2,1H3. The van der Waals surface area contributed by atoms with E-state index in [9.17, 15) is 4.39 Å². The lowest BCUT2D eigenvalue weighted by molar-refractivity contribution is 0.339. The molecule has 0 aliphatic heterocycles. The zero-order valence-corrected chi connectivity index (χ0v) is 5.36. The van der Waals surface area contributed by atoms with Gasteiger partial charge in [-0.15, -0.1) is 0 Å². The van der Waals surface area contributed by atoms with Crippen LogP contribution in [0.5, 0.6) is 0 Å². The van der Waals surface area contributed by atoms with Crippen molar-refractivity contribution in [3.63, 3.8) is 0 Å². The summed E-state index contributed by atoms with van der Waals surface area (Å²) < 4.78 is 11.8. The normalized spacial score (nSPS) is 13.9. The van der Waals surface area contributed by atoms with Gasteiger partial charge in [0.15, 0.2) is 0 Å². The van der Waals surface area contributed by atoms with Crippen LogP contribution >= 0.6 is 0 Å². The first-order chi connectivity index (χ1) is 3.85. The SMILES string of the molecule is CCC(CF)CCN. The number of nitrogens with two attached hydrogens (primary N) is 1. The van der Waals surface area contributed by atoms with E-state index in [1.54, 1.807) is 0 Å². The van der Waals surface area contributed by atoms with Gasteiger partial charge < -0.3 is 5.73 Å². The molecule has 0 aliphatic rings. The second-order valence-corrected chi connectivity index (χ2v) is 2.01. The van der Waals surface area contributed by atoms with Gasteiger partial charge in [0, 0.05) is 0 Å². The van der Waals surface area contributed by atoms with Crippen molar-refractivity contribution in [2.75, 3.05) is 13.2 Å². The molecule has 0 rings (SSSR count). The van der Waals surface area contributed by atoms with Gasteiger partial charge in [0.2, 0.25) is 0 Å². The molecule has 1 atom stereocenters. The van der Waals surface area contributed by atoms with Crippen LogP contribution in [0.2, 0.25) is 0 Å². The Morgan fingerprint density at radius 1 is 1.62 bits per heavy atom. The smallest absolute Gasteiger partial charge is 0.0922 e. The summed E-state index contributed by atoms with van der Waals surface area (Å²) in [6.45, 7) is 2.38. The molecule has 0 saturated heterocycles. The van der Waals surface area contributed by atoms with Crippen molar-refractivity contribution in [1.82, 2.24) is 0 Å². The van der Waals surface area contributed by atoms with Crippen LogP contribution in [-0.2, 0) is 0 Å². The van der Waals surface area contributed by atoms with Crippen LogP contribution in [0.3, 0.4) is 0 Å². The fourth-order valence-electron chi connectivity index (χ4n) is 0.626. The molecule has 0 bridgehead atoms. The number of hydrogen-bond acceptors (Lipinski definition) is 1. The minimum absolute atomic E-state index is 0.208. The lowest BCUT2D eigenvalue weighted by Crippen LogP contribution is -2.09. The number of alkyl halides is 1. The van der Waals surface area contributed by atoms with E-state index < -0.39 is 0 Å². The first kappa shape index (κ1) is 7.89. The third kappa shape index (κ3) is 2.97. The second kappa shape index (κ2) is 5.04. The summed E-state index contributed by atoms with van der Waals surface area (Å²) in [7, 11) is 0. The zero-order valence-electron chi connectivity index (χ0n) is 5.36. The van der Waals surface area contributed by atoms with Crippen LogP contribution in [-0.4, -0.2) is 13.2 Å². The highest BCUT2D eigenvalue weighted by molar-refractivity contribution is 4.54. The Morgan fingerprint density at radius 3 is 2.38 bits per heavy atom. The summed E-state index contributed by atoms with van der Waals surface area (Å²) >= 11 is 0. The average Bonchev–Trinajstić information content (AvgIpc) is 1.83. The van der Waals surface area contributed by atoms with E-state index in [-0.39, 0.29) is 12.6 Å². The van der Waals surface area contributed by atoms with Crippen molar-refractivity contribution in [1.29, 1.82) is 0 Å². The van der Waals surface area contributed by atoms with Crippen LogP contribution in [0.25, 0.3) is 0 Å². The molecule has 0 fully saturated rings. The molecule has 0 aromatic rings. The molecule has 2 N–H and O–H groups in total. The van der Waals surface area contributed by atoms with Gasteiger partial charge in [-0.3, -0.25) is 4.39 Å². The van der Waals surface area contributed by atoms with Gasteiger partial charge >= 0.3 is 0 Å². The molecule has 50 valence electrons. The molecule has 8 heavy (non-hydrogen) atoms. The average molecular weight is 119 g/mol. The Kier molecular flexibility index (Phi) is 4.97. The number of hydrogen-bond donors (Lipinski definition) is 1. The zero-order chi connectivity index (χ0) is 6.41. The fraction of sp³-hybridized carbons (Fsp3) is 1.00. The molecular weight excluding hydrogens is 105 g/mol. The largest absolute Gasteiger partial charge is 0.330 e. The van der Waals surface area contributed by atoms with Crippen molar-refractivity contribution in [3.05, 3.63) is 0 Å². The van der Waals surface area contributed by atoms with Crippen molar-refractivity contribution >= 4 is 0 Å². The third-order valence-corrected chi connectivity index (χ3v) is 1.37. The number of halogens is 1. The van der Waals surface area contributed by atoms with Gasteiger partial charge in [-0.05, 0) is 18.9 Å². The summed E-state index contributed by atoms with van der Waals surface area (Å²) in [5, 5.41) is 0. The van der Waals surface area contributed by atoms with Crippen molar-refractivity contribution in [2.24, 2.45) is 11.7 Å². The molecule has 0 heterocycles. The van der Waals surface area contributed by atoms with Crippen LogP contribution in [0.4, 0.5) is 4.39 Å². The predicted molar refractivity (Wildman–Crippen MR) is 33.4 cm³/mol.